The van der Waals surface area contributed by atoms with Crippen LogP contribution in [0.4, 0.5) is 5.82 Å². The third-order valence-electron chi connectivity index (χ3n) is 3.30. The Morgan fingerprint density at radius 2 is 1.92 bits per heavy atom. The smallest absolute Gasteiger partial charge is 0.258 e. The van der Waals surface area contributed by atoms with Crippen LogP contribution >= 0.6 is 11.8 Å². The van der Waals surface area contributed by atoms with Crippen LogP contribution < -0.4 is 10.9 Å². The quantitative estimate of drug-likeness (QED) is 0.564. The molecule has 0 spiro atoms. The van der Waals surface area contributed by atoms with Gasteiger partial charge in [0.2, 0.25) is 5.91 Å². The zero-order valence-corrected chi connectivity index (χ0v) is 14.4. The van der Waals surface area contributed by atoms with Gasteiger partial charge in [0.05, 0.1) is 11.4 Å². The highest BCUT2D eigenvalue weighted by Gasteiger charge is 2.12. The molecule has 0 saturated carbocycles. The third-order valence-corrected chi connectivity index (χ3v) is 4.23. The maximum absolute atomic E-state index is 12.4. The lowest BCUT2D eigenvalue weighted by Crippen LogP contribution is -2.22. The van der Waals surface area contributed by atoms with Crippen LogP contribution in [0.15, 0.2) is 70.7 Å². The summed E-state index contributed by atoms with van der Waals surface area (Å²) in [5, 5.41) is 3.19. The van der Waals surface area contributed by atoms with Gasteiger partial charge in [0, 0.05) is 18.0 Å². The lowest BCUT2D eigenvalue weighted by molar-refractivity contribution is -0.113. The van der Waals surface area contributed by atoms with Crippen molar-refractivity contribution in [3.05, 3.63) is 76.8 Å². The van der Waals surface area contributed by atoms with Crippen molar-refractivity contribution in [2.24, 2.45) is 0 Å². The highest BCUT2D eigenvalue weighted by Crippen LogP contribution is 2.18. The Morgan fingerprint density at radius 1 is 1.16 bits per heavy atom. The molecule has 0 bridgehead atoms. The minimum absolute atomic E-state index is 0.124. The molecule has 2 aromatic heterocycles. The molecule has 1 N–H and O–H groups in total. The van der Waals surface area contributed by atoms with E-state index in [0.717, 1.165) is 0 Å². The molecule has 0 unspecified atom stereocenters. The van der Waals surface area contributed by atoms with Crippen LogP contribution in [0.2, 0.25) is 0 Å². The Labute approximate surface area is 149 Å². The van der Waals surface area contributed by atoms with E-state index in [0.29, 0.717) is 22.4 Å². The molecule has 7 heteroatoms. The molecule has 1 amide bonds. The summed E-state index contributed by atoms with van der Waals surface area (Å²) in [6.45, 7) is 1.76. The van der Waals surface area contributed by atoms with E-state index in [-0.39, 0.29) is 17.2 Å². The Hall–Kier alpha value is -2.93. The molecule has 3 rings (SSSR count). The number of carbonyl (C=O) groups is 1. The van der Waals surface area contributed by atoms with E-state index in [2.05, 4.69) is 15.3 Å². The van der Waals surface area contributed by atoms with Crippen molar-refractivity contribution in [1.29, 1.82) is 0 Å². The number of pyridine rings is 1. The SMILES string of the molecule is Cc1cc(=O)n(-c2ccccc2)c(SCC(=O)Nc2ccccn2)n1. The number of hydrogen-bond acceptors (Lipinski definition) is 5. The monoisotopic (exact) mass is 352 g/mol. The van der Waals surface area contributed by atoms with Gasteiger partial charge in [-0.05, 0) is 31.2 Å². The number of anilines is 1. The summed E-state index contributed by atoms with van der Waals surface area (Å²) in [6.07, 6.45) is 1.61. The second kappa shape index (κ2) is 7.76. The number of rotatable bonds is 5. The van der Waals surface area contributed by atoms with Gasteiger partial charge in [0.25, 0.3) is 5.56 Å². The first-order valence-corrected chi connectivity index (χ1v) is 8.62. The van der Waals surface area contributed by atoms with Gasteiger partial charge in [-0.25, -0.2) is 9.97 Å². The maximum atomic E-state index is 12.4. The summed E-state index contributed by atoms with van der Waals surface area (Å²) in [5.41, 5.74) is 1.16. The number of nitrogens with one attached hydrogen (secondary N) is 1. The van der Waals surface area contributed by atoms with E-state index in [1.807, 2.05) is 30.3 Å². The van der Waals surface area contributed by atoms with Crippen molar-refractivity contribution in [2.75, 3.05) is 11.1 Å². The van der Waals surface area contributed by atoms with Crippen molar-refractivity contribution in [2.45, 2.75) is 12.1 Å². The molecule has 25 heavy (non-hydrogen) atoms. The average molecular weight is 352 g/mol. The Balaban J connectivity index is 1.80. The summed E-state index contributed by atoms with van der Waals surface area (Å²) in [7, 11) is 0. The second-order valence-corrected chi connectivity index (χ2v) is 6.18. The zero-order chi connectivity index (χ0) is 17.6. The molecular formula is C18H16N4O2S. The summed E-state index contributed by atoms with van der Waals surface area (Å²) < 4.78 is 1.51. The fraction of sp³-hybridized carbons (Fsp3) is 0.111. The number of aromatic nitrogens is 3. The Morgan fingerprint density at radius 3 is 2.64 bits per heavy atom. The van der Waals surface area contributed by atoms with Gasteiger partial charge >= 0.3 is 0 Å². The van der Waals surface area contributed by atoms with E-state index < -0.39 is 0 Å². The first kappa shape index (κ1) is 16.9. The van der Waals surface area contributed by atoms with Crippen LogP contribution in [-0.4, -0.2) is 26.2 Å². The molecule has 2 heterocycles. The van der Waals surface area contributed by atoms with Crippen LogP contribution in [0.25, 0.3) is 5.69 Å². The fourth-order valence-electron chi connectivity index (χ4n) is 2.23. The molecular weight excluding hydrogens is 336 g/mol. The van der Waals surface area contributed by atoms with Crippen molar-refractivity contribution in [1.82, 2.24) is 14.5 Å². The number of hydrogen-bond donors (Lipinski definition) is 1. The summed E-state index contributed by atoms with van der Waals surface area (Å²) in [6, 6.07) is 16.0. The van der Waals surface area contributed by atoms with Crippen LogP contribution in [0, 0.1) is 6.92 Å². The molecule has 0 aliphatic carbocycles. The number of thioether (sulfide) groups is 1. The predicted molar refractivity (Wildman–Crippen MR) is 98.2 cm³/mol. The first-order chi connectivity index (χ1) is 12.1. The van der Waals surface area contributed by atoms with E-state index in [9.17, 15) is 9.59 Å². The minimum atomic E-state index is -0.209. The normalized spacial score (nSPS) is 10.4. The van der Waals surface area contributed by atoms with E-state index >= 15 is 0 Å². The van der Waals surface area contributed by atoms with Gasteiger partial charge < -0.3 is 5.32 Å². The Kier molecular flexibility index (Phi) is 5.25. The van der Waals surface area contributed by atoms with Crippen LogP contribution in [-0.2, 0) is 4.79 Å². The van der Waals surface area contributed by atoms with Gasteiger partial charge in [-0.3, -0.25) is 14.2 Å². The molecule has 0 saturated heterocycles. The Bertz CT molecular complexity index is 927. The topological polar surface area (TPSA) is 76.9 Å². The molecule has 3 aromatic rings. The molecule has 0 radical (unpaired) electrons. The van der Waals surface area contributed by atoms with E-state index in [1.165, 1.54) is 22.4 Å². The highest BCUT2D eigenvalue weighted by atomic mass is 32.2. The number of carbonyl (C=O) groups excluding carboxylic acids is 1. The summed E-state index contributed by atoms with van der Waals surface area (Å²) in [5.74, 6) is 0.407. The molecule has 1 aromatic carbocycles. The van der Waals surface area contributed by atoms with Gasteiger partial charge in [0.1, 0.15) is 5.82 Å². The standard InChI is InChI=1S/C18H16N4O2S/c1-13-11-17(24)22(14-7-3-2-4-8-14)18(20-13)25-12-16(23)21-15-9-5-6-10-19-15/h2-11H,12H2,1H3,(H,19,21,23). The third kappa shape index (κ3) is 4.33. The lowest BCUT2D eigenvalue weighted by atomic mass is 10.3. The molecule has 0 fully saturated rings. The molecule has 126 valence electrons. The summed E-state index contributed by atoms with van der Waals surface area (Å²) in [4.78, 5) is 33.0. The van der Waals surface area contributed by atoms with E-state index in [1.54, 1.807) is 31.3 Å². The predicted octanol–water partition coefficient (Wildman–Crippen LogP) is 2.67. The van der Waals surface area contributed by atoms with Gasteiger partial charge in [-0.1, -0.05) is 36.0 Å². The van der Waals surface area contributed by atoms with Gasteiger partial charge in [-0.15, -0.1) is 0 Å². The van der Waals surface area contributed by atoms with Crippen LogP contribution in [0.5, 0.6) is 0 Å². The highest BCUT2D eigenvalue weighted by molar-refractivity contribution is 7.99. The van der Waals surface area contributed by atoms with Crippen molar-refractivity contribution in [3.8, 4) is 5.69 Å². The largest absolute Gasteiger partial charge is 0.310 e. The number of benzene rings is 1. The average Bonchev–Trinajstić information content (AvgIpc) is 2.61. The fourth-order valence-corrected chi connectivity index (χ4v) is 3.09. The molecule has 0 aliphatic rings. The van der Waals surface area contributed by atoms with Crippen molar-refractivity contribution in [3.63, 3.8) is 0 Å². The first-order valence-electron chi connectivity index (χ1n) is 7.63. The number of aryl methyl sites for hydroxylation is 1. The van der Waals surface area contributed by atoms with Gasteiger partial charge in [-0.2, -0.15) is 0 Å². The summed E-state index contributed by atoms with van der Waals surface area (Å²) >= 11 is 1.21. The van der Waals surface area contributed by atoms with Crippen LogP contribution in [0.1, 0.15) is 5.69 Å². The zero-order valence-electron chi connectivity index (χ0n) is 13.5. The number of para-hydroxylation sites is 1. The number of amides is 1. The maximum Gasteiger partial charge on any atom is 0.258 e. The molecule has 0 atom stereocenters. The lowest BCUT2D eigenvalue weighted by Gasteiger charge is -2.12. The van der Waals surface area contributed by atoms with Gasteiger partial charge in [0.15, 0.2) is 5.16 Å². The molecule has 0 aliphatic heterocycles. The van der Waals surface area contributed by atoms with Crippen molar-refractivity contribution >= 4 is 23.5 Å². The second-order valence-electron chi connectivity index (χ2n) is 5.24. The minimum Gasteiger partial charge on any atom is -0.310 e. The molecule has 6 nitrogen and oxygen atoms in total. The van der Waals surface area contributed by atoms with Crippen LogP contribution in [0.3, 0.4) is 0 Å². The number of nitrogens with zero attached hydrogens (tertiary/aromatic N) is 3. The van der Waals surface area contributed by atoms with Crippen molar-refractivity contribution < 1.29 is 4.79 Å². The van der Waals surface area contributed by atoms with E-state index in [4.69, 9.17) is 0 Å².